The molecule has 1 aliphatic rings. The summed E-state index contributed by atoms with van der Waals surface area (Å²) in [4.78, 5) is 3.86. The Morgan fingerprint density at radius 2 is 1.79 bits per heavy atom. The normalized spacial score (nSPS) is 17.8. The second-order valence-corrected chi connectivity index (χ2v) is 8.58. The van der Waals surface area contributed by atoms with Gasteiger partial charge in [-0.1, -0.05) is 36.4 Å². The lowest BCUT2D eigenvalue weighted by Gasteiger charge is -2.48. The van der Waals surface area contributed by atoms with E-state index in [1.807, 2.05) is 43.3 Å². The van der Waals surface area contributed by atoms with Crippen LogP contribution in [0.3, 0.4) is 0 Å². The van der Waals surface area contributed by atoms with Gasteiger partial charge in [0, 0.05) is 12.2 Å². The number of fused-ring (bicyclic) bond motifs is 1. The highest BCUT2D eigenvalue weighted by Crippen LogP contribution is 2.44. The molecule has 0 spiro atoms. The number of anilines is 1. The Balaban J connectivity index is 1.53. The van der Waals surface area contributed by atoms with Gasteiger partial charge in [0.05, 0.1) is 12.1 Å². The van der Waals surface area contributed by atoms with Crippen LogP contribution in [0.25, 0.3) is 12.2 Å². The molecule has 4 aromatic rings. The molecule has 0 saturated carbocycles. The summed E-state index contributed by atoms with van der Waals surface area (Å²) in [7, 11) is 0. The number of aromatic hydroxyl groups is 1. The van der Waals surface area contributed by atoms with Crippen molar-refractivity contribution in [3.63, 3.8) is 0 Å². The van der Waals surface area contributed by atoms with E-state index in [4.69, 9.17) is 0 Å². The minimum Gasteiger partial charge on any atom is -0.508 e. The molecule has 6 nitrogen and oxygen atoms in total. The summed E-state index contributed by atoms with van der Waals surface area (Å²) in [6.45, 7) is 5.58. The van der Waals surface area contributed by atoms with Gasteiger partial charge in [-0.3, -0.25) is 0 Å². The van der Waals surface area contributed by atoms with Crippen molar-refractivity contribution in [2.45, 2.75) is 32.4 Å². The van der Waals surface area contributed by atoms with Crippen molar-refractivity contribution in [2.75, 3.05) is 11.4 Å². The summed E-state index contributed by atoms with van der Waals surface area (Å²) in [6.07, 6.45) is 4.61. The van der Waals surface area contributed by atoms with Crippen molar-refractivity contribution < 1.29 is 9.50 Å². The third-order valence-corrected chi connectivity index (χ3v) is 6.54. The number of halogens is 1. The van der Waals surface area contributed by atoms with Gasteiger partial charge in [-0.25, -0.2) is 4.39 Å². The SMILES string of the molecule is CCn1nnc(C=Cc2ccc(C3(C)c4ccc(O)cc4CCN3c3ccc(F)cc3)cc2)n1. The Kier molecular flexibility index (Phi) is 5.61. The lowest BCUT2D eigenvalue weighted by molar-refractivity contribution is 0.463. The van der Waals surface area contributed by atoms with Crippen molar-refractivity contribution in [1.82, 2.24) is 20.2 Å². The van der Waals surface area contributed by atoms with Crippen LogP contribution in [0.5, 0.6) is 5.75 Å². The summed E-state index contributed by atoms with van der Waals surface area (Å²) in [5, 5.41) is 22.4. The molecular formula is C27H26FN5O. The predicted molar refractivity (Wildman–Crippen MR) is 131 cm³/mol. The van der Waals surface area contributed by atoms with E-state index in [1.54, 1.807) is 10.9 Å². The highest BCUT2D eigenvalue weighted by atomic mass is 19.1. The van der Waals surface area contributed by atoms with Gasteiger partial charge in [0.1, 0.15) is 11.6 Å². The molecule has 7 heteroatoms. The van der Waals surface area contributed by atoms with Crippen LogP contribution in [0.4, 0.5) is 10.1 Å². The largest absolute Gasteiger partial charge is 0.508 e. The highest BCUT2D eigenvalue weighted by Gasteiger charge is 2.40. The van der Waals surface area contributed by atoms with E-state index in [1.165, 1.54) is 12.1 Å². The molecule has 0 aliphatic carbocycles. The van der Waals surface area contributed by atoms with Gasteiger partial charge in [-0.2, -0.15) is 4.80 Å². The first-order valence-electron chi connectivity index (χ1n) is 11.4. The topological polar surface area (TPSA) is 67.1 Å². The summed E-state index contributed by atoms with van der Waals surface area (Å²) < 4.78 is 13.6. The lowest BCUT2D eigenvalue weighted by Crippen LogP contribution is -2.49. The second-order valence-electron chi connectivity index (χ2n) is 8.58. The third kappa shape index (κ3) is 3.94. The Labute approximate surface area is 198 Å². The highest BCUT2D eigenvalue weighted by molar-refractivity contribution is 5.67. The van der Waals surface area contributed by atoms with E-state index in [0.29, 0.717) is 12.4 Å². The molecule has 0 amide bonds. The van der Waals surface area contributed by atoms with Crippen molar-refractivity contribution in [2.24, 2.45) is 0 Å². The van der Waals surface area contributed by atoms with Gasteiger partial charge >= 0.3 is 0 Å². The van der Waals surface area contributed by atoms with Crippen LogP contribution in [0.1, 0.15) is 41.9 Å². The van der Waals surface area contributed by atoms with E-state index < -0.39 is 5.54 Å². The first-order valence-corrected chi connectivity index (χ1v) is 11.4. The Morgan fingerprint density at radius 3 is 2.50 bits per heavy atom. The number of aryl methyl sites for hydroxylation is 1. The summed E-state index contributed by atoms with van der Waals surface area (Å²) in [5.41, 5.74) is 4.84. The van der Waals surface area contributed by atoms with Crippen LogP contribution in [-0.2, 0) is 18.5 Å². The van der Waals surface area contributed by atoms with Gasteiger partial charge in [0.15, 0.2) is 5.82 Å². The maximum atomic E-state index is 13.6. The molecule has 5 rings (SSSR count). The van der Waals surface area contributed by atoms with Crippen LogP contribution in [-0.4, -0.2) is 31.9 Å². The second kappa shape index (κ2) is 8.74. The molecule has 0 radical (unpaired) electrons. The zero-order valence-electron chi connectivity index (χ0n) is 19.2. The van der Waals surface area contributed by atoms with Crippen molar-refractivity contribution in [3.05, 3.63) is 101 Å². The molecule has 0 bridgehead atoms. The number of phenols is 1. The van der Waals surface area contributed by atoms with Crippen molar-refractivity contribution in [3.8, 4) is 5.75 Å². The molecule has 3 aromatic carbocycles. The van der Waals surface area contributed by atoms with E-state index >= 15 is 0 Å². The van der Waals surface area contributed by atoms with Gasteiger partial charge in [-0.05, 0) is 90.2 Å². The lowest BCUT2D eigenvalue weighted by atomic mass is 9.76. The molecule has 0 saturated heterocycles. The van der Waals surface area contributed by atoms with E-state index in [2.05, 4.69) is 51.5 Å². The first kappa shape index (κ1) is 21.8. The van der Waals surface area contributed by atoms with Crippen LogP contribution in [0.15, 0.2) is 66.7 Å². The monoisotopic (exact) mass is 455 g/mol. The first-order chi connectivity index (χ1) is 16.5. The van der Waals surface area contributed by atoms with Crippen molar-refractivity contribution >= 4 is 17.8 Å². The van der Waals surface area contributed by atoms with Gasteiger partial charge in [0.2, 0.25) is 0 Å². The predicted octanol–water partition coefficient (Wildman–Crippen LogP) is 5.03. The van der Waals surface area contributed by atoms with Crippen LogP contribution in [0.2, 0.25) is 0 Å². The number of hydrogen-bond acceptors (Lipinski definition) is 5. The van der Waals surface area contributed by atoms with E-state index in [9.17, 15) is 9.50 Å². The quantitative estimate of drug-likeness (QED) is 0.457. The molecular weight excluding hydrogens is 429 g/mol. The number of aromatic nitrogens is 4. The standard InChI is InChI=1S/C27H26FN5O/c1-3-33-30-26(29-31-33)15-6-19-4-7-21(8-5-19)27(2)25-14-13-24(34)18-20(25)16-17-32(27)23-11-9-22(28)10-12-23/h4-15,18,34H,3,16-17H2,1-2H3. The smallest absolute Gasteiger partial charge is 0.197 e. The van der Waals surface area contributed by atoms with Crippen LogP contribution < -0.4 is 4.90 Å². The zero-order valence-corrected chi connectivity index (χ0v) is 19.2. The number of nitrogens with zero attached hydrogens (tertiary/aromatic N) is 5. The molecule has 0 fully saturated rings. The van der Waals surface area contributed by atoms with E-state index in [0.717, 1.165) is 40.9 Å². The van der Waals surface area contributed by atoms with Crippen molar-refractivity contribution in [1.29, 1.82) is 0 Å². The molecule has 1 atom stereocenters. The Hall–Kier alpha value is -4.00. The van der Waals surface area contributed by atoms with Gasteiger partial charge in [0.25, 0.3) is 0 Å². The molecule has 2 heterocycles. The van der Waals surface area contributed by atoms with Crippen LogP contribution in [0, 0.1) is 5.82 Å². The molecule has 1 unspecified atom stereocenters. The van der Waals surface area contributed by atoms with Gasteiger partial charge in [-0.15, -0.1) is 10.2 Å². The molecule has 172 valence electrons. The number of rotatable bonds is 5. The summed E-state index contributed by atoms with van der Waals surface area (Å²) >= 11 is 0. The average molecular weight is 456 g/mol. The molecule has 1 aromatic heterocycles. The zero-order chi connectivity index (χ0) is 23.7. The number of tetrazole rings is 1. The Morgan fingerprint density at radius 1 is 1.03 bits per heavy atom. The third-order valence-electron chi connectivity index (χ3n) is 6.54. The fourth-order valence-corrected chi connectivity index (χ4v) is 4.73. The Bertz CT molecular complexity index is 1330. The maximum Gasteiger partial charge on any atom is 0.197 e. The maximum absolute atomic E-state index is 13.6. The molecule has 1 aliphatic heterocycles. The van der Waals surface area contributed by atoms with Crippen LogP contribution >= 0.6 is 0 Å². The fraction of sp³-hybridized carbons (Fsp3) is 0.222. The molecule has 34 heavy (non-hydrogen) atoms. The number of benzene rings is 3. The average Bonchev–Trinajstić information content (AvgIpc) is 3.32. The fourth-order valence-electron chi connectivity index (χ4n) is 4.73. The summed E-state index contributed by atoms with van der Waals surface area (Å²) in [5.74, 6) is 0.587. The summed E-state index contributed by atoms with van der Waals surface area (Å²) in [6, 6.07) is 20.6. The molecule has 1 N–H and O–H groups in total. The number of hydrogen-bond donors (Lipinski definition) is 1. The minimum atomic E-state index is -0.493. The number of phenolic OH excluding ortho intramolecular Hbond substituents is 1. The van der Waals surface area contributed by atoms with Gasteiger partial charge < -0.3 is 10.0 Å². The minimum absolute atomic E-state index is 0.252. The van der Waals surface area contributed by atoms with E-state index in [-0.39, 0.29) is 11.6 Å².